The van der Waals surface area contributed by atoms with Crippen molar-refractivity contribution < 1.29 is 4.74 Å². The van der Waals surface area contributed by atoms with E-state index in [-0.39, 0.29) is 11.8 Å². The third-order valence-corrected chi connectivity index (χ3v) is 6.74. The largest absolute Gasteiger partial charge is 0.497 e. The maximum absolute atomic E-state index is 6.50. The van der Waals surface area contributed by atoms with Crippen LogP contribution in [0, 0.1) is 0 Å². The monoisotopic (exact) mass is 438 g/mol. The molecule has 0 heterocycles. The number of rotatable bonds is 3. The number of ether oxygens (including phenoxy) is 1. The second-order valence-corrected chi connectivity index (χ2v) is 8.25. The van der Waals surface area contributed by atoms with Crippen molar-refractivity contribution in [3.8, 4) is 5.75 Å². The molecular formula is C16H11BrCl4O. The summed E-state index contributed by atoms with van der Waals surface area (Å²) >= 11 is 28.7. The van der Waals surface area contributed by atoms with E-state index in [4.69, 9.17) is 51.1 Å². The minimum Gasteiger partial charge on any atom is -0.497 e. The molecule has 2 atom stereocenters. The number of alkyl halides is 2. The highest BCUT2D eigenvalue weighted by Gasteiger charge is 2.64. The lowest BCUT2D eigenvalue weighted by Crippen LogP contribution is -1.91. The van der Waals surface area contributed by atoms with Gasteiger partial charge >= 0.3 is 0 Å². The highest BCUT2D eigenvalue weighted by atomic mass is 79.9. The molecule has 1 nitrogen and oxygen atoms in total. The first kappa shape index (κ1) is 16.7. The molecule has 0 spiro atoms. The predicted octanol–water partition coefficient (Wildman–Crippen LogP) is 6.82. The van der Waals surface area contributed by atoms with Gasteiger partial charge in [-0.15, -0.1) is 23.2 Å². The zero-order chi connectivity index (χ0) is 16.1. The van der Waals surface area contributed by atoms with E-state index in [1.54, 1.807) is 7.11 Å². The van der Waals surface area contributed by atoms with Gasteiger partial charge in [0, 0.05) is 11.8 Å². The number of hydrogen-bond acceptors (Lipinski definition) is 1. The van der Waals surface area contributed by atoms with Gasteiger partial charge in [0.2, 0.25) is 0 Å². The Bertz CT molecular complexity index is 692. The second-order valence-electron chi connectivity index (χ2n) is 5.20. The molecule has 22 heavy (non-hydrogen) atoms. The summed E-state index contributed by atoms with van der Waals surface area (Å²) in [6.45, 7) is 0. The van der Waals surface area contributed by atoms with Crippen LogP contribution in [0.4, 0.5) is 0 Å². The maximum atomic E-state index is 6.50. The van der Waals surface area contributed by atoms with E-state index in [1.807, 2.05) is 36.4 Å². The number of methoxy groups -OCH3 is 1. The van der Waals surface area contributed by atoms with Gasteiger partial charge in [-0.25, -0.2) is 0 Å². The Morgan fingerprint density at radius 3 is 1.95 bits per heavy atom. The first-order valence-corrected chi connectivity index (χ1v) is 8.83. The fraction of sp³-hybridized carbons (Fsp3) is 0.250. The van der Waals surface area contributed by atoms with Gasteiger partial charge in [-0.3, -0.25) is 0 Å². The molecule has 2 aromatic rings. The summed E-state index contributed by atoms with van der Waals surface area (Å²) in [5, 5.41) is 1.10. The van der Waals surface area contributed by atoms with Gasteiger partial charge in [-0.1, -0.05) is 35.3 Å². The lowest BCUT2D eigenvalue weighted by atomic mass is 10.0. The molecule has 0 unspecified atom stereocenters. The Morgan fingerprint density at radius 1 is 0.955 bits per heavy atom. The smallest absolute Gasteiger partial charge is 0.133 e. The summed E-state index contributed by atoms with van der Waals surface area (Å²) in [6, 6.07) is 11.5. The van der Waals surface area contributed by atoms with Crippen LogP contribution in [0.3, 0.4) is 0 Å². The van der Waals surface area contributed by atoms with Gasteiger partial charge in [0.15, 0.2) is 0 Å². The normalized spacial score (nSPS) is 22.5. The summed E-state index contributed by atoms with van der Waals surface area (Å²) in [4.78, 5) is 0. The lowest BCUT2D eigenvalue weighted by molar-refractivity contribution is 0.414. The lowest BCUT2D eigenvalue weighted by Gasteiger charge is -2.06. The topological polar surface area (TPSA) is 9.23 Å². The Labute approximate surface area is 157 Å². The van der Waals surface area contributed by atoms with Crippen LogP contribution < -0.4 is 4.74 Å². The summed E-state index contributed by atoms with van der Waals surface area (Å²) in [7, 11) is 1.63. The van der Waals surface area contributed by atoms with Gasteiger partial charge in [-0.05, 0) is 51.3 Å². The minimum absolute atomic E-state index is 0.00458. The van der Waals surface area contributed by atoms with Gasteiger partial charge in [0.25, 0.3) is 0 Å². The van der Waals surface area contributed by atoms with Crippen LogP contribution in [0.1, 0.15) is 23.0 Å². The molecule has 2 aromatic carbocycles. The zero-order valence-electron chi connectivity index (χ0n) is 11.4. The summed E-state index contributed by atoms with van der Waals surface area (Å²) in [6.07, 6.45) is 0. The minimum atomic E-state index is -0.866. The second kappa shape index (κ2) is 6.07. The van der Waals surface area contributed by atoms with Gasteiger partial charge in [0.05, 0.1) is 21.6 Å². The maximum Gasteiger partial charge on any atom is 0.133 e. The molecule has 1 aliphatic carbocycles. The number of hydrogen-bond donors (Lipinski definition) is 0. The standard InChI is InChI=1S/C16H11BrCl4O/c1-22-10-4-2-8(3-5-10)13-14(16(13,20)21)9-6-11(18)15(17)12(19)7-9/h2-7,13-14H,1H3/t13-,14-/m0/s1. The van der Waals surface area contributed by atoms with Crippen LogP contribution in [0.5, 0.6) is 5.75 Å². The van der Waals surface area contributed by atoms with E-state index in [0.29, 0.717) is 14.5 Å². The number of halogens is 5. The summed E-state index contributed by atoms with van der Waals surface area (Å²) in [5.74, 6) is 0.743. The first-order chi connectivity index (χ1) is 10.4. The van der Waals surface area contributed by atoms with E-state index in [9.17, 15) is 0 Å². The molecule has 0 bridgehead atoms. The van der Waals surface area contributed by atoms with Gasteiger partial charge in [0.1, 0.15) is 10.1 Å². The van der Waals surface area contributed by atoms with Crippen LogP contribution in [0.25, 0.3) is 0 Å². The van der Waals surface area contributed by atoms with E-state index < -0.39 is 4.33 Å². The molecule has 0 aromatic heterocycles. The van der Waals surface area contributed by atoms with Crippen molar-refractivity contribution in [2.24, 2.45) is 0 Å². The van der Waals surface area contributed by atoms with Crippen molar-refractivity contribution in [1.29, 1.82) is 0 Å². The molecule has 0 radical (unpaired) electrons. The van der Waals surface area contributed by atoms with Crippen molar-refractivity contribution in [1.82, 2.24) is 0 Å². The molecule has 3 rings (SSSR count). The van der Waals surface area contributed by atoms with Crippen LogP contribution in [-0.2, 0) is 0 Å². The van der Waals surface area contributed by atoms with E-state index >= 15 is 0 Å². The Balaban J connectivity index is 1.95. The van der Waals surface area contributed by atoms with Crippen LogP contribution in [-0.4, -0.2) is 11.4 Å². The number of benzene rings is 2. The van der Waals surface area contributed by atoms with E-state index in [1.165, 1.54) is 0 Å². The Morgan fingerprint density at radius 2 is 1.45 bits per heavy atom. The van der Waals surface area contributed by atoms with Crippen molar-refractivity contribution >= 4 is 62.3 Å². The quantitative estimate of drug-likeness (QED) is 0.376. The first-order valence-electron chi connectivity index (χ1n) is 6.52. The van der Waals surface area contributed by atoms with Crippen molar-refractivity contribution in [2.45, 2.75) is 16.2 Å². The average molecular weight is 441 g/mol. The van der Waals surface area contributed by atoms with Gasteiger partial charge in [-0.2, -0.15) is 0 Å². The molecule has 0 saturated heterocycles. The van der Waals surface area contributed by atoms with Crippen molar-refractivity contribution in [2.75, 3.05) is 7.11 Å². The highest BCUT2D eigenvalue weighted by Crippen LogP contribution is 2.70. The van der Waals surface area contributed by atoms with Crippen molar-refractivity contribution in [3.05, 3.63) is 62.0 Å². The van der Waals surface area contributed by atoms with E-state index in [2.05, 4.69) is 15.9 Å². The van der Waals surface area contributed by atoms with Crippen LogP contribution >= 0.6 is 62.3 Å². The fourth-order valence-electron chi connectivity index (χ4n) is 2.72. The summed E-state index contributed by atoms with van der Waals surface area (Å²) < 4.78 is 4.98. The third kappa shape index (κ3) is 2.85. The third-order valence-electron chi connectivity index (χ3n) is 3.89. The molecule has 1 fully saturated rings. The average Bonchev–Trinajstić information content (AvgIpc) is 3.07. The molecule has 1 saturated carbocycles. The molecule has 0 N–H and O–H groups in total. The van der Waals surface area contributed by atoms with Gasteiger partial charge < -0.3 is 4.74 Å². The molecule has 0 aliphatic heterocycles. The molecular weight excluding hydrogens is 430 g/mol. The van der Waals surface area contributed by atoms with Crippen LogP contribution in [0.15, 0.2) is 40.9 Å². The zero-order valence-corrected chi connectivity index (χ0v) is 16.0. The summed E-state index contributed by atoms with van der Waals surface area (Å²) in [5.41, 5.74) is 2.00. The highest BCUT2D eigenvalue weighted by molar-refractivity contribution is 9.10. The molecule has 1 aliphatic rings. The molecule has 6 heteroatoms. The molecule has 0 amide bonds. The Hall–Kier alpha value is -0.120. The SMILES string of the molecule is COc1ccc([C@H]2[C@H](c3cc(Cl)c(Br)c(Cl)c3)C2(Cl)Cl)cc1. The molecule has 116 valence electrons. The Kier molecular flexibility index (Phi) is 4.61. The van der Waals surface area contributed by atoms with Crippen LogP contribution in [0.2, 0.25) is 10.0 Å². The predicted molar refractivity (Wildman–Crippen MR) is 97.1 cm³/mol. The fourth-order valence-corrected chi connectivity index (χ4v) is 4.34. The van der Waals surface area contributed by atoms with Crippen molar-refractivity contribution in [3.63, 3.8) is 0 Å². The van der Waals surface area contributed by atoms with E-state index in [0.717, 1.165) is 16.9 Å².